The SMILES string of the molecule is Cn1cc(Br)c(OC2CC(NC(=O)O)C2)cc1=O. The minimum absolute atomic E-state index is 0.0507. The molecule has 7 heteroatoms. The van der Waals surface area contributed by atoms with Crippen LogP contribution in [0.25, 0.3) is 0 Å². The number of nitrogens with zero attached hydrogens (tertiary/aromatic N) is 1. The van der Waals surface area contributed by atoms with Gasteiger partial charge in [-0.3, -0.25) is 4.79 Å². The Labute approximate surface area is 112 Å². The number of carboxylic acid groups (broad SMARTS) is 1. The zero-order chi connectivity index (χ0) is 13.3. The predicted molar refractivity (Wildman–Crippen MR) is 68.0 cm³/mol. The third kappa shape index (κ3) is 2.84. The molecule has 0 aliphatic heterocycles. The van der Waals surface area contributed by atoms with Crippen LogP contribution in [0.1, 0.15) is 12.8 Å². The fraction of sp³-hybridized carbons (Fsp3) is 0.455. The molecular formula is C11H13BrN2O4. The lowest BCUT2D eigenvalue weighted by Crippen LogP contribution is -2.48. The van der Waals surface area contributed by atoms with E-state index in [0.717, 1.165) is 0 Å². The summed E-state index contributed by atoms with van der Waals surface area (Å²) in [5.41, 5.74) is -0.146. The molecule has 0 unspecified atom stereocenters. The number of aryl methyl sites for hydroxylation is 1. The highest BCUT2D eigenvalue weighted by molar-refractivity contribution is 9.10. The van der Waals surface area contributed by atoms with Gasteiger partial charge in [0.05, 0.1) is 4.47 Å². The smallest absolute Gasteiger partial charge is 0.404 e. The van der Waals surface area contributed by atoms with Crippen LogP contribution in [0.3, 0.4) is 0 Å². The third-order valence-electron chi connectivity index (χ3n) is 2.86. The molecule has 1 amide bonds. The molecule has 1 aliphatic carbocycles. The first-order chi connectivity index (χ1) is 8.45. The number of carbonyl (C=O) groups is 1. The van der Waals surface area contributed by atoms with Crippen LogP contribution in [0.15, 0.2) is 21.5 Å². The molecule has 1 aliphatic rings. The number of ether oxygens (including phenoxy) is 1. The molecule has 1 heterocycles. The van der Waals surface area contributed by atoms with Gasteiger partial charge in [-0.25, -0.2) is 4.79 Å². The molecule has 0 saturated heterocycles. The Morgan fingerprint density at radius 1 is 1.61 bits per heavy atom. The molecule has 18 heavy (non-hydrogen) atoms. The van der Waals surface area contributed by atoms with Gasteiger partial charge in [0.1, 0.15) is 11.9 Å². The third-order valence-corrected chi connectivity index (χ3v) is 3.46. The van der Waals surface area contributed by atoms with Crippen molar-refractivity contribution in [2.45, 2.75) is 25.0 Å². The summed E-state index contributed by atoms with van der Waals surface area (Å²) in [6.45, 7) is 0. The van der Waals surface area contributed by atoms with Gasteiger partial charge < -0.3 is 19.7 Å². The van der Waals surface area contributed by atoms with E-state index in [1.54, 1.807) is 13.2 Å². The molecule has 1 aromatic rings. The summed E-state index contributed by atoms with van der Waals surface area (Å²) in [7, 11) is 1.66. The lowest BCUT2D eigenvalue weighted by molar-refractivity contribution is 0.0824. The quantitative estimate of drug-likeness (QED) is 0.881. The minimum Gasteiger partial charge on any atom is -0.489 e. The van der Waals surface area contributed by atoms with Crippen LogP contribution in [0, 0.1) is 0 Å². The molecule has 0 spiro atoms. The van der Waals surface area contributed by atoms with E-state index in [0.29, 0.717) is 23.1 Å². The molecule has 98 valence electrons. The van der Waals surface area contributed by atoms with Crippen LogP contribution < -0.4 is 15.6 Å². The van der Waals surface area contributed by atoms with E-state index in [1.807, 2.05) is 0 Å². The number of hydrogen-bond donors (Lipinski definition) is 2. The standard InChI is InChI=1S/C11H13BrN2O4/c1-14-5-8(12)9(4-10(14)15)18-7-2-6(3-7)13-11(16)17/h4-7,13H,2-3H2,1H3,(H,16,17). The summed E-state index contributed by atoms with van der Waals surface area (Å²) in [6, 6.07) is 1.36. The van der Waals surface area contributed by atoms with Crippen molar-refractivity contribution in [3.8, 4) is 5.75 Å². The van der Waals surface area contributed by atoms with Crippen molar-refractivity contribution >= 4 is 22.0 Å². The van der Waals surface area contributed by atoms with Crippen molar-refractivity contribution in [1.29, 1.82) is 0 Å². The Balaban J connectivity index is 1.94. The van der Waals surface area contributed by atoms with E-state index in [9.17, 15) is 9.59 Å². The summed E-state index contributed by atoms with van der Waals surface area (Å²) in [4.78, 5) is 21.9. The molecule has 2 N–H and O–H groups in total. The maximum Gasteiger partial charge on any atom is 0.404 e. The van der Waals surface area contributed by atoms with Crippen molar-refractivity contribution in [2.75, 3.05) is 0 Å². The summed E-state index contributed by atoms with van der Waals surface area (Å²) < 4.78 is 7.79. The summed E-state index contributed by atoms with van der Waals surface area (Å²) in [6.07, 6.45) is 1.81. The van der Waals surface area contributed by atoms with Crippen LogP contribution in [-0.2, 0) is 7.05 Å². The van der Waals surface area contributed by atoms with Crippen molar-refractivity contribution in [3.63, 3.8) is 0 Å². The fourth-order valence-electron chi connectivity index (χ4n) is 1.80. The average Bonchev–Trinajstić information content (AvgIpc) is 2.21. The maximum absolute atomic E-state index is 11.5. The molecule has 6 nitrogen and oxygen atoms in total. The number of amides is 1. The van der Waals surface area contributed by atoms with Crippen LogP contribution in [0.4, 0.5) is 4.79 Å². The highest BCUT2D eigenvalue weighted by Crippen LogP contribution is 2.29. The molecule has 1 fully saturated rings. The molecule has 0 aromatic carbocycles. The largest absolute Gasteiger partial charge is 0.489 e. The van der Waals surface area contributed by atoms with E-state index in [-0.39, 0.29) is 17.7 Å². The Kier molecular flexibility index (Phi) is 3.60. The van der Waals surface area contributed by atoms with E-state index >= 15 is 0 Å². The first kappa shape index (κ1) is 12.9. The first-order valence-electron chi connectivity index (χ1n) is 5.48. The van der Waals surface area contributed by atoms with E-state index in [4.69, 9.17) is 9.84 Å². The first-order valence-corrected chi connectivity index (χ1v) is 6.27. The van der Waals surface area contributed by atoms with Crippen LogP contribution in [0.2, 0.25) is 0 Å². The van der Waals surface area contributed by atoms with Crippen molar-refractivity contribution in [1.82, 2.24) is 9.88 Å². The van der Waals surface area contributed by atoms with Crippen molar-refractivity contribution in [2.24, 2.45) is 7.05 Å². The number of halogens is 1. The second-order valence-electron chi connectivity index (χ2n) is 4.29. The van der Waals surface area contributed by atoms with Crippen LogP contribution in [-0.4, -0.2) is 27.9 Å². The van der Waals surface area contributed by atoms with Gasteiger partial charge in [-0.1, -0.05) is 0 Å². The minimum atomic E-state index is -1.02. The normalized spacial score (nSPS) is 22.1. The average molecular weight is 317 g/mol. The summed E-state index contributed by atoms with van der Waals surface area (Å²) in [5.74, 6) is 0.497. The molecule has 0 bridgehead atoms. The fourth-order valence-corrected chi connectivity index (χ4v) is 2.32. The highest BCUT2D eigenvalue weighted by atomic mass is 79.9. The molecule has 0 radical (unpaired) electrons. The van der Waals surface area contributed by atoms with Gasteiger partial charge in [-0.05, 0) is 15.9 Å². The van der Waals surface area contributed by atoms with Crippen LogP contribution in [0.5, 0.6) is 5.75 Å². The van der Waals surface area contributed by atoms with Gasteiger partial charge in [0, 0.05) is 38.2 Å². The summed E-state index contributed by atoms with van der Waals surface area (Å²) in [5, 5.41) is 10.9. The lowest BCUT2D eigenvalue weighted by Gasteiger charge is -2.35. The lowest BCUT2D eigenvalue weighted by atomic mass is 9.89. The van der Waals surface area contributed by atoms with E-state index in [1.165, 1.54) is 10.6 Å². The highest BCUT2D eigenvalue weighted by Gasteiger charge is 2.32. The Morgan fingerprint density at radius 2 is 2.28 bits per heavy atom. The number of pyridine rings is 1. The second-order valence-corrected chi connectivity index (χ2v) is 5.15. The maximum atomic E-state index is 11.5. The molecule has 1 saturated carbocycles. The van der Waals surface area contributed by atoms with Crippen molar-refractivity contribution in [3.05, 3.63) is 27.1 Å². The topological polar surface area (TPSA) is 80.6 Å². The second kappa shape index (κ2) is 5.01. The van der Waals surface area contributed by atoms with E-state index < -0.39 is 6.09 Å². The predicted octanol–water partition coefficient (Wildman–Crippen LogP) is 1.33. The number of nitrogens with one attached hydrogen (secondary N) is 1. The van der Waals surface area contributed by atoms with Crippen LogP contribution >= 0.6 is 15.9 Å². The Bertz CT molecular complexity index is 522. The Morgan fingerprint density at radius 3 is 2.89 bits per heavy atom. The van der Waals surface area contributed by atoms with Crippen molar-refractivity contribution < 1.29 is 14.6 Å². The number of hydrogen-bond acceptors (Lipinski definition) is 3. The summed E-state index contributed by atoms with van der Waals surface area (Å²) >= 11 is 3.32. The van der Waals surface area contributed by atoms with E-state index in [2.05, 4.69) is 21.2 Å². The molecule has 1 aromatic heterocycles. The monoisotopic (exact) mass is 316 g/mol. The molecular weight excluding hydrogens is 304 g/mol. The zero-order valence-electron chi connectivity index (χ0n) is 9.72. The van der Waals surface area contributed by atoms with Gasteiger partial charge in [-0.15, -0.1) is 0 Å². The number of rotatable bonds is 3. The molecule has 0 atom stereocenters. The van der Waals surface area contributed by atoms with Gasteiger partial charge in [0.2, 0.25) is 0 Å². The molecule has 2 rings (SSSR count). The van der Waals surface area contributed by atoms with Gasteiger partial charge >= 0.3 is 6.09 Å². The zero-order valence-corrected chi connectivity index (χ0v) is 11.3. The van der Waals surface area contributed by atoms with Gasteiger partial charge in [0.15, 0.2) is 0 Å². The van der Waals surface area contributed by atoms with Gasteiger partial charge in [-0.2, -0.15) is 0 Å². The number of aromatic nitrogens is 1. The van der Waals surface area contributed by atoms with Gasteiger partial charge in [0.25, 0.3) is 5.56 Å². The Hall–Kier alpha value is -1.50.